The van der Waals surface area contributed by atoms with Crippen LogP contribution in [-0.2, 0) is 23.4 Å². The number of carbonyl (C=O) groups excluding carboxylic acids is 1. The van der Waals surface area contributed by atoms with Gasteiger partial charge in [0.05, 0.1) is 18.6 Å². The Morgan fingerprint density at radius 3 is 2.20 bits per heavy atom. The highest BCUT2D eigenvalue weighted by atomic mass is 28.3. The number of carbonyl (C=O) groups is 1. The molecular weight excluding hydrogens is 456 g/mol. The van der Waals surface area contributed by atoms with Crippen LogP contribution in [0.15, 0.2) is 60.7 Å². The Morgan fingerprint density at radius 2 is 1.63 bits per heavy atom. The van der Waals surface area contributed by atoms with E-state index < -0.39 is 9.04 Å². The summed E-state index contributed by atoms with van der Waals surface area (Å²) in [5.74, 6) is 0.0888. The summed E-state index contributed by atoms with van der Waals surface area (Å²) < 4.78 is 25.6. The van der Waals surface area contributed by atoms with Gasteiger partial charge in [-0.1, -0.05) is 81.4 Å². The van der Waals surface area contributed by atoms with Crippen LogP contribution in [0, 0.1) is 17.3 Å². The molecule has 2 aromatic rings. The van der Waals surface area contributed by atoms with E-state index in [9.17, 15) is 4.79 Å². The second kappa shape index (κ2) is 10.6. The summed E-state index contributed by atoms with van der Waals surface area (Å²) >= 11 is 0. The molecule has 2 saturated heterocycles. The second-order valence-electron chi connectivity index (χ2n) is 11.3. The molecule has 0 bridgehead atoms. The predicted octanol–water partition coefficient (Wildman–Crippen LogP) is 3.82. The van der Waals surface area contributed by atoms with Gasteiger partial charge in [0.1, 0.15) is 6.10 Å². The number of fused-ring (bicyclic) bond motifs is 1. The first-order valence-electron chi connectivity index (χ1n) is 13.1. The third-order valence-electron chi connectivity index (χ3n) is 7.71. The molecule has 188 valence electrons. The molecule has 5 nitrogen and oxygen atoms in total. The van der Waals surface area contributed by atoms with E-state index in [1.165, 1.54) is 10.4 Å². The maximum atomic E-state index is 12.3. The van der Waals surface area contributed by atoms with Crippen LogP contribution >= 0.6 is 0 Å². The van der Waals surface area contributed by atoms with E-state index in [0.717, 1.165) is 32.3 Å². The number of benzene rings is 2. The maximum Gasteiger partial charge on any atom is 0.306 e. The minimum absolute atomic E-state index is 0.0494. The van der Waals surface area contributed by atoms with Crippen LogP contribution in [0.5, 0.6) is 0 Å². The molecular formula is C29H38O5Si. The lowest BCUT2D eigenvalue weighted by molar-refractivity contribution is -0.206. The Hall–Kier alpha value is -1.99. The molecule has 35 heavy (non-hydrogen) atoms. The van der Waals surface area contributed by atoms with Crippen molar-refractivity contribution in [2.75, 3.05) is 6.61 Å². The standard InChI is InChI=1S/C29H38O5Si/c1-29(2,3)28(34-35(20-12-6-4-7-13-20)21-14-8-5-9-15-21)27-22-18-25(30)32-23(22)19-24(27)33-26-16-10-11-17-31-26/h4-9,12-15,22-24,26-28,35H,10-11,16-19H2,1-3H3/t22-,23-,24+,26?,27-,28?/m0/s1. The highest BCUT2D eigenvalue weighted by Crippen LogP contribution is 2.49. The van der Waals surface area contributed by atoms with Gasteiger partial charge < -0.3 is 18.6 Å². The summed E-state index contributed by atoms with van der Waals surface area (Å²) in [7, 11) is -2.00. The number of hydrogen-bond acceptors (Lipinski definition) is 5. The fraction of sp³-hybridized carbons (Fsp3) is 0.552. The first kappa shape index (κ1) is 24.7. The zero-order valence-corrected chi connectivity index (χ0v) is 22.3. The zero-order valence-electron chi connectivity index (χ0n) is 21.1. The van der Waals surface area contributed by atoms with Gasteiger partial charge in [-0.15, -0.1) is 0 Å². The summed E-state index contributed by atoms with van der Waals surface area (Å²) in [5, 5.41) is 2.52. The van der Waals surface area contributed by atoms with Gasteiger partial charge in [0.15, 0.2) is 6.29 Å². The molecule has 6 atom stereocenters. The van der Waals surface area contributed by atoms with Crippen molar-refractivity contribution in [2.24, 2.45) is 17.3 Å². The highest BCUT2D eigenvalue weighted by Gasteiger charge is 2.56. The lowest BCUT2D eigenvalue weighted by atomic mass is 9.75. The molecule has 3 aliphatic rings. The third kappa shape index (κ3) is 5.56. The molecule has 0 radical (unpaired) electrons. The predicted molar refractivity (Wildman–Crippen MR) is 138 cm³/mol. The van der Waals surface area contributed by atoms with E-state index in [1.807, 2.05) is 0 Å². The van der Waals surface area contributed by atoms with Crippen molar-refractivity contribution < 1.29 is 23.4 Å². The molecule has 2 heterocycles. The van der Waals surface area contributed by atoms with E-state index in [0.29, 0.717) is 6.42 Å². The van der Waals surface area contributed by atoms with Crippen molar-refractivity contribution in [3.05, 3.63) is 60.7 Å². The van der Waals surface area contributed by atoms with Gasteiger partial charge in [0.25, 0.3) is 0 Å². The topological polar surface area (TPSA) is 54.0 Å². The van der Waals surface area contributed by atoms with Crippen LogP contribution in [0.3, 0.4) is 0 Å². The minimum Gasteiger partial charge on any atom is -0.462 e. The molecule has 3 fully saturated rings. The monoisotopic (exact) mass is 494 g/mol. The van der Waals surface area contributed by atoms with Crippen LogP contribution in [-0.4, -0.2) is 46.2 Å². The number of esters is 1. The van der Waals surface area contributed by atoms with Crippen molar-refractivity contribution in [1.82, 2.24) is 0 Å². The van der Waals surface area contributed by atoms with E-state index in [1.54, 1.807) is 0 Å². The van der Waals surface area contributed by atoms with Gasteiger partial charge in [0, 0.05) is 24.9 Å². The molecule has 1 aliphatic carbocycles. The Bertz CT molecular complexity index is 930. The van der Waals surface area contributed by atoms with Gasteiger partial charge in [-0.3, -0.25) is 4.79 Å². The minimum atomic E-state index is -2.00. The van der Waals surface area contributed by atoms with Crippen molar-refractivity contribution in [3.63, 3.8) is 0 Å². The summed E-state index contributed by atoms with van der Waals surface area (Å²) in [6.07, 6.45) is 3.89. The lowest BCUT2D eigenvalue weighted by Crippen LogP contribution is -2.54. The molecule has 0 spiro atoms. The Kier molecular flexibility index (Phi) is 7.44. The van der Waals surface area contributed by atoms with Crippen LogP contribution in [0.4, 0.5) is 0 Å². The van der Waals surface area contributed by atoms with Crippen molar-refractivity contribution in [1.29, 1.82) is 0 Å². The Morgan fingerprint density at radius 1 is 0.971 bits per heavy atom. The second-order valence-corrected chi connectivity index (χ2v) is 13.7. The van der Waals surface area contributed by atoms with E-state index in [2.05, 4.69) is 81.4 Å². The smallest absolute Gasteiger partial charge is 0.306 e. The Labute approximate surface area is 210 Å². The fourth-order valence-electron chi connectivity index (χ4n) is 6.10. The van der Waals surface area contributed by atoms with E-state index in [4.69, 9.17) is 18.6 Å². The number of rotatable bonds is 7. The summed E-state index contributed by atoms with van der Waals surface area (Å²) in [6.45, 7) is 7.49. The highest BCUT2D eigenvalue weighted by molar-refractivity contribution is 6.80. The number of ether oxygens (including phenoxy) is 3. The third-order valence-corrected chi connectivity index (χ3v) is 10.3. The van der Waals surface area contributed by atoms with Crippen molar-refractivity contribution >= 4 is 25.4 Å². The SMILES string of the molecule is CC(C)(C)C(O[SiH](c1ccccc1)c1ccccc1)[C@H]1[C@H]2CC(=O)O[C@H]2C[C@H]1OC1CCCCO1. The normalized spacial score (nSPS) is 29.7. The van der Waals surface area contributed by atoms with E-state index >= 15 is 0 Å². The fourth-order valence-corrected chi connectivity index (χ4v) is 8.83. The summed E-state index contributed by atoms with van der Waals surface area (Å²) in [4.78, 5) is 12.3. The molecule has 6 heteroatoms. The average Bonchev–Trinajstić information content (AvgIpc) is 3.36. The number of hydrogen-bond donors (Lipinski definition) is 0. The first-order valence-corrected chi connectivity index (χ1v) is 14.7. The van der Waals surface area contributed by atoms with Crippen molar-refractivity contribution in [3.8, 4) is 0 Å². The molecule has 2 aromatic carbocycles. The lowest BCUT2D eigenvalue weighted by Gasteiger charge is -2.42. The molecule has 1 saturated carbocycles. The van der Waals surface area contributed by atoms with Gasteiger partial charge in [-0.2, -0.15) is 0 Å². The first-order chi connectivity index (χ1) is 16.9. The average molecular weight is 495 g/mol. The summed E-state index contributed by atoms with van der Waals surface area (Å²) in [6, 6.07) is 21.2. The molecule has 0 amide bonds. The Balaban J connectivity index is 1.49. The van der Waals surface area contributed by atoms with Gasteiger partial charge in [0.2, 0.25) is 9.04 Å². The molecule has 0 N–H and O–H groups in total. The van der Waals surface area contributed by atoms with Gasteiger partial charge in [-0.05, 0) is 35.1 Å². The molecule has 2 unspecified atom stereocenters. The summed E-state index contributed by atoms with van der Waals surface area (Å²) in [5.41, 5.74) is -0.144. The van der Waals surface area contributed by atoms with Crippen LogP contribution in [0.2, 0.25) is 0 Å². The largest absolute Gasteiger partial charge is 0.462 e. The van der Waals surface area contributed by atoms with E-state index in [-0.39, 0.29) is 47.8 Å². The van der Waals surface area contributed by atoms with Crippen LogP contribution in [0.25, 0.3) is 0 Å². The van der Waals surface area contributed by atoms with Gasteiger partial charge in [-0.25, -0.2) is 0 Å². The van der Waals surface area contributed by atoms with Crippen LogP contribution < -0.4 is 10.4 Å². The molecule has 5 rings (SSSR count). The molecule has 2 aliphatic heterocycles. The van der Waals surface area contributed by atoms with Crippen molar-refractivity contribution in [2.45, 2.75) is 77.5 Å². The molecule has 0 aromatic heterocycles. The quantitative estimate of drug-likeness (QED) is 0.433. The maximum absolute atomic E-state index is 12.3. The van der Waals surface area contributed by atoms with Gasteiger partial charge >= 0.3 is 5.97 Å². The van der Waals surface area contributed by atoms with Crippen LogP contribution in [0.1, 0.15) is 52.9 Å². The zero-order chi connectivity index (χ0) is 24.4.